The number of ether oxygens (including phenoxy) is 1. The number of benzene rings is 1. The number of nitrogens with zero attached hydrogens (tertiary/aromatic N) is 4. The van der Waals surface area contributed by atoms with E-state index in [2.05, 4.69) is 19.9 Å². The third-order valence-electron chi connectivity index (χ3n) is 4.93. The number of pyridine rings is 1. The normalized spacial score (nSPS) is 12.9. The summed E-state index contributed by atoms with van der Waals surface area (Å²) in [7, 11) is 3.44. The van der Waals surface area contributed by atoms with Crippen molar-refractivity contribution in [1.29, 1.82) is 0 Å². The topological polar surface area (TPSA) is 72.3 Å². The summed E-state index contributed by atoms with van der Waals surface area (Å²) in [4.78, 5) is 23.6. The van der Waals surface area contributed by atoms with E-state index >= 15 is 0 Å². The zero-order valence-electron chi connectivity index (χ0n) is 16.4. The molecule has 0 spiro atoms. The first kappa shape index (κ1) is 22.9. The molecule has 0 saturated heterocycles. The molecule has 1 aromatic carbocycles. The maximum Gasteiger partial charge on any atom is 0.274 e. The molecule has 29 heavy (non-hydrogen) atoms. The SMILES string of the molecule is COc1ccc(CN(C)C(=O)c2cn3c(n2)CCNCC3)c2cccnc12.Cl.Cl. The Morgan fingerprint density at radius 1 is 1.28 bits per heavy atom. The number of carbonyl (C=O) groups excluding carboxylic acids is 1. The van der Waals surface area contributed by atoms with Gasteiger partial charge in [-0.25, -0.2) is 4.98 Å². The summed E-state index contributed by atoms with van der Waals surface area (Å²) < 4.78 is 7.48. The predicted molar refractivity (Wildman–Crippen MR) is 117 cm³/mol. The van der Waals surface area contributed by atoms with Gasteiger partial charge >= 0.3 is 0 Å². The number of carbonyl (C=O) groups is 1. The zero-order chi connectivity index (χ0) is 18.8. The lowest BCUT2D eigenvalue weighted by atomic mass is 10.1. The van der Waals surface area contributed by atoms with Crippen LogP contribution in [0.25, 0.3) is 10.9 Å². The zero-order valence-corrected chi connectivity index (χ0v) is 18.1. The van der Waals surface area contributed by atoms with Crippen LogP contribution in [-0.2, 0) is 19.5 Å². The minimum Gasteiger partial charge on any atom is -0.494 e. The number of fused-ring (bicyclic) bond motifs is 2. The second-order valence-corrected chi connectivity index (χ2v) is 6.72. The van der Waals surface area contributed by atoms with E-state index in [9.17, 15) is 4.79 Å². The van der Waals surface area contributed by atoms with Crippen molar-refractivity contribution in [3.63, 3.8) is 0 Å². The summed E-state index contributed by atoms with van der Waals surface area (Å²) in [6.45, 7) is 3.12. The van der Waals surface area contributed by atoms with Gasteiger partial charge in [-0.15, -0.1) is 24.8 Å². The monoisotopic (exact) mass is 437 g/mol. The standard InChI is InChI=1S/C20H23N5O2.2ClH/c1-24(20(26)16-13-25-11-10-21-9-7-18(25)23-16)12-14-5-6-17(27-2)19-15(14)4-3-8-22-19;;/h3-6,8,13,21H,7,9-12H2,1-2H3;2*1H. The van der Waals surface area contributed by atoms with Crippen molar-refractivity contribution in [2.45, 2.75) is 19.5 Å². The minimum absolute atomic E-state index is 0. The second-order valence-electron chi connectivity index (χ2n) is 6.72. The van der Waals surface area contributed by atoms with Crippen molar-refractivity contribution in [3.8, 4) is 5.75 Å². The van der Waals surface area contributed by atoms with Crippen molar-refractivity contribution < 1.29 is 9.53 Å². The quantitative estimate of drug-likeness (QED) is 0.678. The van der Waals surface area contributed by atoms with Gasteiger partial charge in [0.1, 0.15) is 22.8 Å². The Labute approximate surface area is 182 Å². The van der Waals surface area contributed by atoms with Gasteiger partial charge in [0, 0.05) is 57.4 Å². The van der Waals surface area contributed by atoms with E-state index in [1.165, 1.54) is 0 Å². The van der Waals surface area contributed by atoms with Crippen molar-refractivity contribution in [2.24, 2.45) is 0 Å². The molecule has 0 bridgehead atoms. The van der Waals surface area contributed by atoms with Crippen molar-refractivity contribution >= 4 is 41.6 Å². The lowest BCUT2D eigenvalue weighted by Gasteiger charge is -2.18. The third-order valence-corrected chi connectivity index (χ3v) is 4.93. The van der Waals surface area contributed by atoms with Crippen LogP contribution >= 0.6 is 24.8 Å². The number of nitrogens with one attached hydrogen (secondary N) is 1. The Morgan fingerprint density at radius 3 is 2.90 bits per heavy atom. The van der Waals surface area contributed by atoms with Crippen LogP contribution in [0.15, 0.2) is 36.7 Å². The fourth-order valence-electron chi connectivity index (χ4n) is 3.51. The molecule has 0 unspecified atom stereocenters. The van der Waals surface area contributed by atoms with E-state index in [-0.39, 0.29) is 30.7 Å². The summed E-state index contributed by atoms with van der Waals surface area (Å²) in [5.41, 5.74) is 2.34. The molecule has 3 heterocycles. The number of hydrogen-bond donors (Lipinski definition) is 1. The molecular formula is C20H25Cl2N5O2. The van der Waals surface area contributed by atoms with Gasteiger partial charge in [-0.1, -0.05) is 12.1 Å². The Kier molecular flexibility index (Phi) is 7.84. The number of amides is 1. The van der Waals surface area contributed by atoms with E-state index in [0.717, 1.165) is 54.1 Å². The highest BCUT2D eigenvalue weighted by Gasteiger charge is 2.20. The van der Waals surface area contributed by atoms with E-state index in [1.54, 1.807) is 25.3 Å². The van der Waals surface area contributed by atoms with Gasteiger partial charge in [0.25, 0.3) is 5.91 Å². The number of hydrogen-bond acceptors (Lipinski definition) is 5. The number of halogens is 2. The van der Waals surface area contributed by atoms with Gasteiger partial charge in [0.2, 0.25) is 0 Å². The maximum absolute atomic E-state index is 12.9. The first-order chi connectivity index (χ1) is 13.2. The van der Waals surface area contributed by atoms with Crippen LogP contribution in [0.5, 0.6) is 5.75 Å². The Morgan fingerprint density at radius 2 is 2.10 bits per heavy atom. The van der Waals surface area contributed by atoms with Crippen molar-refractivity contribution in [1.82, 2.24) is 24.8 Å². The average molecular weight is 438 g/mol. The van der Waals surface area contributed by atoms with Gasteiger partial charge in [0.05, 0.1) is 7.11 Å². The van der Waals surface area contributed by atoms with E-state index in [1.807, 2.05) is 30.5 Å². The van der Waals surface area contributed by atoms with Gasteiger partial charge in [-0.3, -0.25) is 9.78 Å². The summed E-state index contributed by atoms with van der Waals surface area (Å²) >= 11 is 0. The summed E-state index contributed by atoms with van der Waals surface area (Å²) in [6.07, 6.45) is 4.46. The van der Waals surface area contributed by atoms with Crippen LogP contribution in [0.2, 0.25) is 0 Å². The molecule has 0 fully saturated rings. The molecule has 2 aromatic heterocycles. The Bertz CT molecular complexity index is 969. The van der Waals surface area contributed by atoms with Crippen LogP contribution in [0, 0.1) is 0 Å². The molecule has 0 aliphatic carbocycles. The number of rotatable bonds is 4. The fourth-order valence-corrected chi connectivity index (χ4v) is 3.51. The minimum atomic E-state index is -0.0728. The lowest BCUT2D eigenvalue weighted by molar-refractivity contribution is 0.0780. The van der Waals surface area contributed by atoms with Crippen molar-refractivity contribution in [3.05, 3.63) is 53.7 Å². The second kappa shape index (κ2) is 9.91. The highest BCUT2D eigenvalue weighted by Crippen LogP contribution is 2.27. The van der Waals surface area contributed by atoms with Crippen LogP contribution in [0.4, 0.5) is 0 Å². The number of imidazole rings is 1. The van der Waals surface area contributed by atoms with Crippen LogP contribution < -0.4 is 10.1 Å². The van der Waals surface area contributed by atoms with Crippen LogP contribution in [0.3, 0.4) is 0 Å². The average Bonchev–Trinajstić information content (AvgIpc) is 2.98. The molecule has 1 N–H and O–H groups in total. The highest BCUT2D eigenvalue weighted by atomic mass is 35.5. The number of methoxy groups -OCH3 is 1. The summed E-state index contributed by atoms with van der Waals surface area (Å²) in [5, 5.41) is 4.33. The molecule has 4 rings (SSSR count). The van der Waals surface area contributed by atoms with Crippen LogP contribution in [0.1, 0.15) is 21.9 Å². The van der Waals surface area contributed by atoms with Gasteiger partial charge in [-0.05, 0) is 17.7 Å². The maximum atomic E-state index is 12.9. The Hall–Kier alpha value is -2.35. The largest absolute Gasteiger partial charge is 0.494 e. The van der Waals surface area contributed by atoms with Gasteiger partial charge in [0.15, 0.2) is 0 Å². The molecule has 3 aromatic rings. The molecule has 7 nitrogen and oxygen atoms in total. The van der Waals surface area contributed by atoms with E-state index in [4.69, 9.17) is 4.74 Å². The first-order valence-corrected chi connectivity index (χ1v) is 9.10. The lowest BCUT2D eigenvalue weighted by Crippen LogP contribution is -2.27. The molecule has 9 heteroatoms. The molecule has 1 aliphatic rings. The number of aromatic nitrogens is 3. The predicted octanol–water partition coefficient (Wildman–Crippen LogP) is 2.70. The van der Waals surface area contributed by atoms with Gasteiger partial charge < -0.3 is 19.5 Å². The molecule has 0 saturated carbocycles. The smallest absolute Gasteiger partial charge is 0.274 e. The third kappa shape index (κ3) is 4.63. The van der Waals surface area contributed by atoms with E-state index < -0.39 is 0 Å². The molecule has 0 atom stereocenters. The van der Waals surface area contributed by atoms with Crippen LogP contribution in [-0.4, -0.2) is 52.6 Å². The fraction of sp³-hybridized carbons (Fsp3) is 0.350. The highest BCUT2D eigenvalue weighted by molar-refractivity contribution is 5.93. The Balaban J connectivity index is 0.00000150. The molecule has 1 aliphatic heterocycles. The molecule has 1 amide bonds. The first-order valence-electron chi connectivity index (χ1n) is 9.10. The van der Waals surface area contributed by atoms with E-state index in [0.29, 0.717) is 12.2 Å². The molecule has 0 radical (unpaired) electrons. The van der Waals surface area contributed by atoms with Gasteiger partial charge in [-0.2, -0.15) is 0 Å². The summed E-state index contributed by atoms with van der Waals surface area (Å²) in [5.74, 6) is 1.63. The molecule has 156 valence electrons. The molecular weight excluding hydrogens is 413 g/mol. The summed E-state index contributed by atoms with van der Waals surface area (Å²) in [6, 6.07) is 7.79. The van der Waals surface area contributed by atoms with Crippen molar-refractivity contribution in [2.75, 3.05) is 27.2 Å².